The number of benzene rings is 1. The molecule has 1 aliphatic heterocycles. The Balaban J connectivity index is 1.53. The van der Waals surface area contributed by atoms with Gasteiger partial charge in [0, 0.05) is 24.4 Å². The lowest BCUT2D eigenvalue weighted by Gasteiger charge is -2.28. The molecule has 1 fully saturated rings. The molecular formula is C16H22ClNO. The van der Waals surface area contributed by atoms with E-state index in [1.54, 1.807) is 0 Å². The SMILES string of the molecule is Cc1ccc2c(c1)CC(CNC1CCCCC1Cl)O2. The number of alkyl halides is 1. The first-order chi connectivity index (χ1) is 9.22. The first kappa shape index (κ1) is 13.3. The van der Waals surface area contributed by atoms with Gasteiger partial charge in [-0.2, -0.15) is 0 Å². The molecule has 3 unspecified atom stereocenters. The molecule has 3 atom stereocenters. The Morgan fingerprint density at radius 2 is 2.16 bits per heavy atom. The highest BCUT2D eigenvalue weighted by atomic mass is 35.5. The molecule has 104 valence electrons. The van der Waals surface area contributed by atoms with Crippen molar-refractivity contribution in [2.45, 2.75) is 56.6 Å². The zero-order valence-corrected chi connectivity index (χ0v) is 12.2. The molecule has 0 radical (unpaired) electrons. The van der Waals surface area contributed by atoms with E-state index in [-0.39, 0.29) is 6.10 Å². The third kappa shape index (κ3) is 3.06. The van der Waals surface area contributed by atoms with E-state index in [4.69, 9.17) is 16.3 Å². The molecule has 1 aromatic rings. The predicted octanol–water partition coefficient (Wildman–Crippen LogP) is 3.44. The van der Waals surface area contributed by atoms with Gasteiger partial charge < -0.3 is 10.1 Å². The highest BCUT2D eigenvalue weighted by molar-refractivity contribution is 6.21. The molecule has 1 heterocycles. The molecular weight excluding hydrogens is 258 g/mol. The molecule has 1 saturated carbocycles. The maximum Gasteiger partial charge on any atom is 0.123 e. The van der Waals surface area contributed by atoms with Gasteiger partial charge >= 0.3 is 0 Å². The van der Waals surface area contributed by atoms with Gasteiger partial charge in [0.2, 0.25) is 0 Å². The van der Waals surface area contributed by atoms with Crippen molar-refractivity contribution in [1.82, 2.24) is 5.32 Å². The fourth-order valence-electron chi connectivity index (χ4n) is 3.16. The maximum atomic E-state index is 6.37. The predicted molar refractivity (Wildman–Crippen MR) is 79.2 cm³/mol. The topological polar surface area (TPSA) is 21.3 Å². The Morgan fingerprint density at radius 3 is 3.00 bits per heavy atom. The lowest BCUT2D eigenvalue weighted by atomic mass is 9.95. The molecule has 0 bridgehead atoms. The average Bonchev–Trinajstić information content (AvgIpc) is 2.79. The third-order valence-electron chi connectivity index (χ3n) is 4.25. The smallest absolute Gasteiger partial charge is 0.123 e. The second-order valence-electron chi connectivity index (χ2n) is 5.87. The summed E-state index contributed by atoms with van der Waals surface area (Å²) in [5.41, 5.74) is 2.65. The summed E-state index contributed by atoms with van der Waals surface area (Å²) < 4.78 is 5.98. The van der Waals surface area contributed by atoms with E-state index in [0.29, 0.717) is 11.4 Å². The second kappa shape index (κ2) is 5.72. The number of hydrogen-bond donors (Lipinski definition) is 1. The van der Waals surface area contributed by atoms with E-state index in [0.717, 1.165) is 25.1 Å². The Kier molecular flexibility index (Phi) is 3.99. The van der Waals surface area contributed by atoms with E-state index >= 15 is 0 Å². The number of ether oxygens (including phenoxy) is 1. The van der Waals surface area contributed by atoms with Gasteiger partial charge in [0.15, 0.2) is 0 Å². The molecule has 3 heteroatoms. The van der Waals surface area contributed by atoms with Gasteiger partial charge in [-0.05, 0) is 31.4 Å². The van der Waals surface area contributed by atoms with Crippen LogP contribution in [0, 0.1) is 6.92 Å². The molecule has 0 saturated heterocycles. The van der Waals surface area contributed by atoms with E-state index in [9.17, 15) is 0 Å². The van der Waals surface area contributed by atoms with Gasteiger partial charge in [-0.1, -0.05) is 30.5 Å². The standard InChI is InChI=1S/C16H22ClNO/c1-11-6-7-16-12(8-11)9-13(19-16)10-18-15-5-3-2-4-14(15)17/h6-8,13-15,18H,2-5,9-10H2,1H3. The zero-order valence-electron chi connectivity index (χ0n) is 11.5. The first-order valence-electron chi connectivity index (χ1n) is 7.36. The van der Waals surface area contributed by atoms with Gasteiger partial charge in [0.1, 0.15) is 11.9 Å². The number of hydrogen-bond acceptors (Lipinski definition) is 2. The first-order valence-corrected chi connectivity index (χ1v) is 7.79. The van der Waals surface area contributed by atoms with Gasteiger partial charge in [0.05, 0.1) is 0 Å². The number of rotatable bonds is 3. The van der Waals surface area contributed by atoms with E-state index < -0.39 is 0 Å². The zero-order chi connectivity index (χ0) is 13.2. The Hall–Kier alpha value is -0.730. The van der Waals surface area contributed by atoms with Crippen molar-refractivity contribution in [3.8, 4) is 5.75 Å². The summed E-state index contributed by atoms with van der Waals surface area (Å²) in [6, 6.07) is 6.91. The normalized spacial score (nSPS) is 29.9. The highest BCUT2D eigenvalue weighted by Crippen LogP contribution is 2.29. The van der Waals surface area contributed by atoms with Crippen molar-refractivity contribution in [3.05, 3.63) is 29.3 Å². The Morgan fingerprint density at radius 1 is 1.32 bits per heavy atom. The van der Waals surface area contributed by atoms with Crippen molar-refractivity contribution in [3.63, 3.8) is 0 Å². The van der Waals surface area contributed by atoms with Crippen molar-refractivity contribution in [2.75, 3.05) is 6.54 Å². The minimum atomic E-state index is 0.266. The summed E-state index contributed by atoms with van der Waals surface area (Å²) in [5.74, 6) is 1.06. The Labute approximate surface area is 120 Å². The van der Waals surface area contributed by atoms with Crippen LogP contribution < -0.4 is 10.1 Å². The number of halogens is 1. The van der Waals surface area contributed by atoms with E-state index in [2.05, 4.69) is 30.4 Å². The molecule has 0 amide bonds. The van der Waals surface area contributed by atoms with Crippen LogP contribution in [-0.4, -0.2) is 24.1 Å². The van der Waals surface area contributed by atoms with Gasteiger partial charge in [0.25, 0.3) is 0 Å². The average molecular weight is 280 g/mol. The molecule has 1 aromatic carbocycles. The summed E-state index contributed by atoms with van der Waals surface area (Å²) in [4.78, 5) is 0. The fraction of sp³-hybridized carbons (Fsp3) is 0.625. The van der Waals surface area contributed by atoms with Crippen LogP contribution in [0.25, 0.3) is 0 Å². The Bertz CT molecular complexity index is 448. The van der Waals surface area contributed by atoms with Crippen molar-refractivity contribution >= 4 is 11.6 Å². The minimum absolute atomic E-state index is 0.266. The van der Waals surface area contributed by atoms with Crippen molar-refractivity contribution in [1.29, 1.82) is 0 Å². The summed E-state index contributed by atoms with van der Waals surface area (Å²) >= 11 is 6.37. The lowest BCUT2D eigenvalue weighted by molar-refractivity contribution is 0.215. The summed E-state index contributed by atoms with van der Waals surface area (Å²) in [5, 5.41) is 3.90. The van der Waals surface area contributed by atoms with Crippen molar-refractivity contribution in [2.24, 2.45) is 0 Å². The number of fused-ring (bicyclic) bond motifs is 1. The van der Waals surface area contributed by atoms with Crippen LogP contribution >= 0.6 is 11.6 Å². The van der Waals surface area contributed by atoms with Crippen LogP contribution in [0.4, 0.5) is 0 Å². The van der Waals surface area contributed by atoms with Gasteiger partial charge in [-0.3, -0.25) is 0 Å². The van der Waals surface area contributed by atoms with Crippen LogP contribution in [0.3, 0.4) is 0 Å². The quantitative estimate of drug-likeness (QED) is 0.856. The van der Waals surface area contributed by atoms with Crippen LogP contribution in [0.15, 0.2) is 18.2 Å². The molecule has 0 spiro atoms. The molecule has 1 N–H and O–H groups in total. The van der Waals surface area contributed by atoms with Gasteiger partial charge in [-0.25, -0.2) is 0 Å². The molecule has 2 aliphatic rings. The number of aryl methyl sites for hydroxylation is 1. The lowest BCUT2D eigenvalue weighted by Crippen LogP contribution is -2.43. The molecule has 2 nitrogen and oxygen atoms in total. The molecule has 1 aliphatic carbocycles. The van der Waals surface area contributed by atoms with E-state index in [1.165, 1.54) is 30.4 Å². The van der Waals surface area contributed by atoms with Crippen LogP contribution in [0.5, 0.6) is 5.75 Å². The molecule has 19 heavy (non-hydrogen) atoms. The maximum absolute atomic E-state index is 6.37. The summed E-state index contributed by atoms with van der Waals surface area (Å²) in [6.07, 6.45) is 6.20. The monoisotopic (exact) mass is 279 g/mol. The number of nitrogens with one attached hydrogen (secondary N) is 1. The van der Waals surface area contributed by atoms with Gasteiger partial charge in [-0.15, -0.1) is 11.6 Å². The summed E-state index contributed by atoms with van der Waals surface area (Å²) in [7, 11) is 0. The largest absolute Gasteiger partial charge is 0.488 e. The minimum Gasteiger partial charge on any atom is -0.488 e. The third-order valence-corrected chi connectivity index (χ3v) is 4.77. The molecule has 0 aromatic heterocycles. The van der Waals surface area contributed by atoms with Crippen molar-refractivity contribution < 1.29 is 4.74 Å². The second-order valence-corrected chi connectivity index (χ2v) is 6.43. The fourth-order valence-corrected chi connectivity index (χ4v) is 3.53. The molecule has 3 rings (SSSR count). The highest BCUT2D eigenvalue weighted by Gasteiger charge is 2.26. The summed E-state index contributed by atoms with van der Waals surface area (Å²) in [6.45, 7) is 3.04. The van der Waals surface area contributed by atoms with Crippen LogP contribution in [-0.2, 0) is 6.42 Å². The van der Waals surface area contributed by atoms with Crippen LogP contribution in [0.1, 0.15) is 36.8 Å². The van der Waals surface area contributed by atoms with E-state index in [1.807, 2.05) is 0 Å². The van der Waals surface area contributed by atoms with Crippen LogP contribution in [0.2, 0.25) is 0 Å².